The highest BCUT2D eigenvalue weighted by Gasteiger charge is 2.20. The summed E-state index contributed by atoms with van der Waals surface area (Å²) in [4.78, 5) is 0. The van der Waals surface area contributed by atoms with Crippen LogP contribution in [-0.2, 0) is 0 Å². The SMILES string of the molecule is [2H]c1c([2H])c([2H])c(-c2c([2H])c([2H])c3c(oc4c([2H])c([2H])c([2H])c(-c5ccc(-c6c7c([2H])c([2H])c([2H])c([2H])c7c(-c7c([2H])c([2H])c([2H])c([2H])c7[2H])c7c([2H])c([2H])c([2H])c([2H])c67)c6ccccc56)c43)c2[2H])c([2H])c1[2H]. The Bertz CT molecular complexity index is 4120. The van der Waals surface area contributed by atoms with Crippen LogP contribution < -0.4 is 0 Å². The summed E-state index contributed by atoms with van der Waals surface area (Å²) in [6, 6.07) is -8.78. The molecule has 49 heavy (non-hydrogen) atoms. The van der Waals surface area contributed by atoms with Crippen molar-refractivity contribution in [3.63, 3.8) is 0 Å². The molecule has 0 radical (unpaired) electrons. The molecule has 1 nitrogen and oxygen atoms in total. The van der Waals surface area contributed by atoms with E-state index in [0.29, 0.717) is 0 Å². The molecule has 9 aromatic carbocycles. The molecule has 0 bridgehead atoms. The fourth-order valence-electron chi connectivity index (χ4n) is 6.40. The highest BCUT2D eigenvalue weighted by atomic mass is 16.3. The normalized spacial score (nSPS) is 18.5. The molecule has 0 N–H and O–H groups in total. The van der Waals surface area contributed by atoms with Crippen LogP contribution in [0.1, 0.15) is 32.9 Å². The van der Waals surface area contributed by atoms with Crippen molar-refractivity contribution >= 4 is 54.3 Å². The van der Waals surface area contributed by atoms with E-state index in [1.54, 1.807) is 24.3 Å². The predicted octanol–water partition coefficient (Wildman–Crippen LogP) is 13.7. The topological polar surface area (TPSA) is 13.1 Å². The smallest absolute Gasteiger partial charge is 0.136 e. The number of fused-ring (bicyclic) bond motifs is 6. The lowest BCUT2D eigenvalue weighted by Gasteiger charge is -2.19. The van der Waals surface area contributed by atoms with E-state index in [1.165, 1.54) is 12.1 Å². The van der Waals surface area contributed by atoms with E-state index in [9.17, 15) is 9.60 Å². The predicted molar refractivity (Wildman–Crippen MR) is 208 cm³/mol. The maximum absolute atomic E-state index is 9.43. The Labute approximate surface area is 318 Å². The Morgan fingerprint density at radius 1 is 0.347 bits per heavy atom. The summed E-state index contributed by atoms with van der Waals surface area (Å²) in [5.74, 6) is 0. The van der Waals surface area contributed by atoms with Crippen LogP contribution in [0.2, 0.25) is 0 Å². The van der Waals surface area contributed by atoms with E-state index >= 15 is 0 Å². The van der Waals surface area contributed by atoms with Gasteiger partial charge in [0.15, 0.2) is 0 Å². The minimum absolute atomic E-state index is 0.0754. The standard InChI is InChI=1S/C48H30O/c1-3-14-31(15-4-1)33-26-27-43-45(30-33)49-44-25-13-24-37(48(43)44)36-28-29-42(35-19-8-7-18-34(35)36)47-40-22-11-9-20-38(40)46(32-16-5-2-6-17-32)39-21-10-12-23-41(39)47/h1-30H/i1D,2D,3D,4D,5D,6D,9D,10D,11D,12D,13D,14D,15D,16D,17D,20D,21D,22D,23D,24D,25D,26D,27D,30D. The van der Waals surface area contributed by atoms with Crippen LogP contribution in [0.3, 0.4) is 0 Å². The lowest BCUT2D eigenvalue weighted by Crippen LogP contribution is -1.92. The first-order chi connectivity index (χ1) is 34.3. The molecule has 0 atom stereocenters. The van der Waals surface area contributed by atoms with Crippen LogP contribution >= 0.6 is 0 Å². The molecule has 1 aromatic heterocycles. The molecule has 0 aliphatic rings. The van der Waals surface area contributed by atoms with E-state index in [-0.39, 0.29) is 54.6 Å². The molecule has 1 heteroatoms. The third-order valence-corrected chi connectivity index (χ3v) is 8.41. The maximum Gasteiger partial charge on any atom is 0.136 e. The molecule has 0 amide bonds. The summed E-state index contributed by atoms with van der Waals surface area (Å²) in [5.41, 5.74) is -3.14. The Morgan fingerprint density at radius 2 is 0.918 bits per heavy atom. The van der Waals surface area contributed by atoms with E-state index in [4.69, 9.17) is 27.7 Å². The van der Waals surface area contributed by atoms with Gasteiger partial charge in [-0.25, -0.2) is 0 Å². The van der Waals surface area contributed by atoms with Gasteiger partial charge in [0.2, 0.25) is 0 Å². The zero-order chi connectivity index (χ0) is 53.2. The first kappa shape index (κ1) is 12.9. The summed E-state index contributed by atoms with van der Waals surface area (Å²) < 4.78 is 219. The second-order valence-corrected chi connectivity index (χ2v) is 11.0. The average molecular weight is 647 g/mol. The van der Waals surface area contributed by atoms with Crippen LogP contribution in [0.4, 0.5) is 0 Å². The molecule has 228 valence electrons. The van der Waals surface area contributed by atoms with Gasteiger partial charge in [-0.05, 0) is 95.0 Å². The second-order valence-electron chi connectivity index (χ2n) is 11.0. The minimum atomic E-state index is -0.822. The monoisotopic (exact) mass is 646 g/mol. The van der Waals surface area contributed by atoms with Crippen molar-refractivity contribution in [1.82, 2.24) is 0 Å². The number of hydrogen-bond donors (Lipinski definition) is 0. The highest BCUT2D eigenvalue weighted by molar-refractivity contribution is 6.25. The van der Waals surface area contributed by atoms with Crippen LogP contribution in [-0.4, -0.2) is 0 Å². The number of hydrogen-bond acceptors (Lipinski definition) is 1. The quantitative estimate of drug-likeness (QED) is 0.173. The van der Waals surface area contributed by atoms with Gasteiger partial charge in [-0.2, -0.15) is 0 Å². The zero-order valence-electron chi connectivity index (χ0n) is 48.9. The first-order valence-electron chi connectivity index (χ1n) is 26.9. The summed E-state index contributed by atoms with van der Waals surface area (Å²) >= 11 is 0. The van der Waals surface area contributed by atoms with E-state index < -0.39 is 189 Å². The molecule has 10 aromatic rings. The van der Waals surface area contributed by atoms with Crippen LogP contribution in [0, 0.1) is 0 Å². The van der Waals surface area contributed by atoms with Crippen molar-refractivity contribution in [2.75, 3.05) is 0 Å². The van der Waals surface area contributed by atoms with Crippen molar-refractivity contribution in [1.29, 1.82) is 0 Å². The molecule has 0 fully saturated rings. The third-order valence-electron chi connectivity index (χ3n) is 8.41. The molecule has 0 unspecified atom stereocenters. The van der Waals surface area contributed by atoms with Crippen LogP contribution in [0.5, 0.6) is 0 Å². The zero-order valence-corrected chi connectivity index (χ0v) is 24.9. The molecule has 0 spiro atoms. The molecule has 0 saturated heterocycles. The summed E-state index contributed by atoms with van der Waals surface area (Å²) in [6.45, 7) is 0. The lowest BCUT2D eigenvalue weighted by molar-refractivity contribution is 0.669. The fraction of sp³-hybridized carbons (Fsp3) is 0. The van der Waals surface area contributed by atoms with Gasteiger partial charge >= 0.3 is 0 Å². The van der Waals surface area contributed by atoms with Crippen LogP contribution in [0.15, 0.2) is 186 Å². The average Bonchev–Trinajstić information content (AvgIpc) is 3.78. The Balaban J connectivity index is 1.39. The highest BCUT2D eigenvalue weighted by Crippen LogP contribution is 2.47. The number of furan rings is 1. The lowest BCUT2D eigenvalue weighted by atomic mass is 9.83. The van der Waals surface area contributed by atoms with E-state index in [0.717, 1.165) is 0 Å². The van der Waals surface area contributed by atoms with Gasteiger partial charge in [0.1, 0.15) is 11.2 Å². The van der Waals surface area contributed by atoms with Gasteiger partial charge in [0.05, 0.1) is 32.9 Å². The Morgan fingerprint density at radius 3 is 1.59 bits per heavy atom. The van der Waals surface area contributed by atoms with Gasteiger partial charge < -0.3 is 4.42 Å². The first-order valence-corrected chi connectivity index (χ1v) is 14.9. The number of rotatable bonds is 4. The van der Waals surface area contributed by atoms with Gasteiger partial charge in [0.25, 0.3) is 0 Å². The van der Waals surface area contributed by atoms with Gasteiger partial charge in [-0.15, -0.1) is 0 Å². The molecular formula is C48H30O. The van der Waals surface area contributed by atoms with Crippen molar-refractivity contribution in [3.05, 3.63) is 181 Å². The van der Waals surface area contributed by atoms with Gasteiger partial charge in [-0.1, -0.05) is 163 Å². The molecule has 0 saturated carbocycles. The summed E-state index contributed by atoms with van der Waals surface area (Å²) in [6.07, 6.45) is 0. The van der Waals surface area contributed by atoms with Crippen molar-refractivity contribution in [3.8, 4) is 44.5 Å². The van der Waals surface area contributed by atoms with Gasteiger partial charge in [0, 0.05) is 10.8 Å². The Hall–Kier alpha value is -6.44. The second kappa shape index (κ2) is 11.1. The molecular weight excluding hydrogens is 593 g/mol. The maximum atomic E-state index is 9.43. The van der Waals surface area contributed by atoms with E-state index in [2.05, 4.69) is 0 Å². The Kier molecular flexibility index (Phi) is 2.91. The van der Waals surface area contributed by atoms with Crippen LogP contribution in [0.25, 0.3) is 98.8 Å². The summed E-state index contributed by atoms with van der Waals surface area (Å²) in [5, 5.41) is -1.58. The molecule has 10 rings (SSSR count). The molecule has 1 heterocycles. The van der Waals surface area contributed by atoms with Crippen molar-refractivity contribution in [2.45, 2.75) is 0 Å². The number of benzene rings is 9. The van der Waals surface area contributed by atoms with Crippen molar-refractivity contribution in [2.24, 2.45) is 0 Å². The minimum Gasteiger partial charge on any atom is -0.456 e. The fourth-order valence-corrected chi connectivity index (χ4v) is 6.40. The largest absolute Gasteiger partial charge is 0.456 e. The van der Waals surface area contributed by atoms with Crippen molar-refractivity contribution < 1.29 is 37.3 Å². The third kappa shape index (κ3) is 4.33. The summed E-state index contributed by atoms with van der Waals surface area (Å²) in [7, 11) is 0. The van der Waals surface area contributed by atoms with Gasteiger partial charge in [-0.3, -0.25) is 0 Å². The molecule has 0 aliphatic heterocycles. The molecule has 0 aliphatic carbocycles. The van der Waals surface area contributed by atoms with E-state index in [1.807, 2.05) is 0 Å².